The molecule has 2 unspecified atom stereocenters. The van der Waals surface area contributed by atoms with Crippen molar-refractivity contribution in [3.8, 4) is 11.8 Å². The number of rotatable bonds is 1. The Morgan fingerprint density at radius 2 is 2.13 bits per heavy atom. The average molecular weight is 409 g/mol. The number of carbonyl (C=O) groups excluding carboxylic acids is 2. The number of fused-ring (bicyclic) bond motifs is 2. The van der Waals surface area contributed by atoms with E-state index in [2.05, 4.69) is 21.9 Å². The van der Waals surface area contributed by atoms with Crippen LogP contribution in [0.1, 0.15) is 45.6 Å². The number of amides is 2. The summed E-state index contributed by atoms with van der Waals surface area (Å²) >= 11 is 0. The van der Waals surface area contributed by atoms with Gasteiger partial charge in [-0.05, 0) is 45.7 Å². The smallest absolute Gasteiger partial charge is 0.410 e. The van der Waals surface area contributed by atoms with Gasteiger partial charge in [-0.3, -0.25) is 4.79 Å². The van der Waals surface area contributed by atoms with Crippen LogP contribution in [0.4, 0.5) is 4.79 Å². The Balaban J connectivity index is 1.36. The number of ether oxygens (including phenoxy) is 1. The number of hydrogen-bond acceptors (Lipinski definition) is 5. The lowest BCUT2D eigenvalue weighted by Crippen LogP contribution is -2.60. The minimum atomic E-state index is -0.517. The van der Waals surface area contributed by atoms with E-state index in [1.54, 1.807) is 9.42 Å². The number of carbonyl (C=O) groups is 2. The molecule has 2 aromatic rings. The molecule has 0 spiro atoms. The average Bonchev–Trinajstić information content (AvgIpc) is 3.18. The highest BCUT2D eigenvalue weighted by atomic mass is 16.6. The zero-order chi connectivity index (χ0) is 21.3. The van der Waals surface area contributed by atoms with Crippen molar-refractivity contribution in [2.45, 2.75) is 51.7 Å². The molecule has 0 saturated carbocycles. The van der Waals surface area contributed by atoms with E-state index in [4.69, 9.17) is 4.74 Å². The van der Waals surface area contributed by atoms with E-state index in [0.717, 1.165) is 24.1 Å². The molecule has 0 radical (unpaired) electrons. The Bertz CT molecular complexity index is 1010. The summed E-state index contributed by atoms with van der Waals surface area (Å²) in [6.45, 7) is 7.17. The van der Waals surface area contributed by atoms with Crippen molar-refractivity contribution in [3.05, 3.63) is 30.2 Å². The van der Waals surface area contributed by atoms with Crippen molar-refractivity contribution in [2.75, 3.05) is 19.6 Å². The molecule has 0 bridgehead atoms. The van der Waals surface area contributed by atoms with Gasteiger partial charge in [-0.1, -0.05) is 11.8 Å². The minimum Gasteiger partial charge on any atom is -0.444 e. The van der Waals surface area contributed by atoms with Crippen molar-refractivity contribution in [2.24, 2.45) is 5.92 Å². The van der Waals surface area contributed by atoms with E-state index in [1.807, 2.05) is 44.0 Å². The summed E-state index contributed by atoms with van der Waals surface area (Å²) < 4.78 is 7.16. The SMILES string of the molecule is CC(C)(C)OC(=O)N1CCN2C(=O)C(CC#Cc3cccn4ncnc34)CCC2C1. The van der Waals surface area contributed by atoms with Crippen LogP contribution in [-0.2, 0) is 9.53 Å². The van der Waals surface area contributed by atoms with Crippen molar-refractivity contribution in [1.29, 1.82) is 0 Å². The van der Waals surface area contributed by atoms with E-state index in [1.165, 1.54) is 6.33 Å². The highest BCUT2D eigenvalue weighted by Gasteiger charge is 2.39. The van der Waals surface area contributed by atoms with Gasteiger partial charge in [0.05, 0.1) is 5.56 Å². The fourth-order valence-corrected chi connectivity index (χ4v) is 4.04. The normalized spacial score (nSPS) is 21.8. The van der Waals surface area contributed by atoms with Gasteiger partial charge in [0.2, 0.25) is 5.91 Å². The van der Waals surface area contributed by atoms with Crippen LogP contribution < -0.4 is 0 Å². The van der Waals surface area contributed by atoms with Gasteiger partial charge in [-0.25, -0.2) is 14.3 Å². The molecule has 2 amide bonds. The molecule has 2 aliphatic rings. The van der Waals surface area contributed by atoms with E-state index < -0.39 is 5.60 Å². The molecule has 4 rings (SSSR count). The number of pyridine rings is 1. The summed E-state index contributed by atoms with van der Waals surface area (Å²) in [6, 6.07) is 3.85. The summed E-state index contributed by atoms with van der Waals surface area (Å²) in [5, 5.41) is 4.11. The summed E-state index contributed by atoms with van der Waals surface area (Å²) in [5.41, 5.74) is 1.01. The first-order valence-electron chi connectivity index (χ1n) is 10.4. The lowest BCUT2D eigenvalue weighted by atomic mass is 9.88. The molecule has 2 aliphatic heterocycles. The Kier molecular flexibility index (Phi) is 5.37. The summed E-state index contributed by atoms with van der Waals surface area (Å²) in [4.78, 5) is 33.2. The van der Waals surface area contributed by atoms with Crippen molar-refractivity contribution >= 4 is 17.6 Å². The van der Waals surface area contributed by atoms with Crippen molar-refractivity contribution < 1.29 is 14.3 Å². The first-order chi connectivity index (χ1) is 14.3. The molecule has 0 aliphatic carbocycles. The molecule has 0 aromatic carbocycles. The fourth-order valence-electron chi connectivity index (χ4n) is 4.04. The van der Waals surface area contributed by atoms with Gasteiger partial charge in [0.15, 0.2) is 5.65 Å². The third kappa shape index (κ3) is 4.25. The van der Waals surface area contributed by atoms with Crippen LogP contribution in [0, 0.1) is 17.8 Å². The van der Waals surface area contributed by atoms with E-state index >= 15 is 0 Å². The quantitative estimate of drug-likeness (QED) is 0.676. The van der Waals surface area contributed by atoms with Crippen LogP contribution in [-0.4, -0.2) is 67.7 Å². The molecule has 2 fully saturated rings. The lowest BCUT2D eigenvalue weighted by Gasteiger charge is -2.45. The highest BCUT2D eigenvalue weighted by molar-refractivity contribution is 5.81. The predicted molar refractivity (Wildman–Crippen MR) is 111 cm³/mol. The number of aromatic nitrogens is 3. The third-order valence-corrected chi connectivity index (χ3v) is 5.49. The van der Waals surface area contributed by atoms with E-state index in [-0.39, 0.29) is 24.0 Å². The van der Waals surface area contributed by atoms with Crippen molar-refractivity contribution in [3.63, 3.8) is 0 Å². The van der Waals surface area contributed by atoms with Crippen LogP contribution in [0.15, 0.2) is 24.7 Å². The predicted octanol–water partition coefficient (Wildman–Crippen LogP) is 2.33. The molecule has 158 valence electrons. The Morgan fingerprint density at radius 3 is 2.93 bits per heavy atom. The molecule has 30 heavy (non-hydrogen) atoms. The molecule has 0 N–H and O–H groups in total. The molecular weight excluding hydrogens is 382 g/mol. The first-order valence-corrected chi connectivity index (χ1v) is 10.4. The largest absolute Gasteiger partial charge is 0.444 e. The Labute approximate surface area is 176 Å². The zero-order valence-electron chi connectivity index (χ0n) is 17.7. The van der Waals surface area contributed by atoms with Gasteiger partial charge in [0.1, 0.15) is 11.9 Å². The Morgan fingerprint density at radius 1 is 1.30 bits per heavy atom. The molecular formula is C22H27N5O3. The molecule has 2 saturated heterocycles. The standard InChI is InChI=1S/C22H27N5O3/c1-22(2,3)30-21(29)25-12-13-26-18(14-25)10-9-17(20(26)28)7-4-6-16-8-5-11-27-19(16)23-15-24-27/h5,8,11,15,17-18H,7,9-10,12-14H2,1-3H3. The second kappa shape index (κ2) is 7.98. The third-order valence-electron chi connectivity index (χ3n) is 5.49. The molecule has 8 heteroatoms. The number of nitrogens with zero attached hydrogens (tertiary/aromatic N) is 5. The first kappa shape index (κ1) is 20.2. The maximum atomic E-state index is 13.0. The summed E-state index contributed by atoms with van der Waals surface area (Å²) in [5.74, 6) is 6.36. The van der Waals surface area contributed by atoms with Gasteiger partial charge in [0, 0.05) is 44.2 Å². The molecule has 2 aromatic heterocycles. The zero-order valence-corrected chi connectivity index (χ0v) is 17.7. The maximum absolute atomic E-state index is 13.0. The van der Waals surface area contributed by atoms with Gasteiger partial charge >= 0.3 is 6.09 Å². The van der Waals surface area contributed by atoms with Crippen molar-refractivity contribution in [1.82, 2.24) is 24.4 Å². The van der Waals surface area contributed by atoms with Crippen LogP contribution >= 0.6 is 0 Å². The number of piperidine rings is 1. The van der Waals surface area contributed by atoms with Gasteiger partial charge in [-0.2, -0.15) is 5.10 Å². The second-order valence-electron chi connectivity index (χ2n) is 8.84. The van der Waals surface area contributed by atoms with Crippen LogP contribution in [0.2, 0.25) is 0 Å². The lowest BCUT2D eigenvalue weighted by molar-refractivity contribution is -0.144. The van der Waals surface area contributed by atoms with Crippen LogP contribution in [0.25, 0.3) is 5.65 Å². The summed E-state index contributed by atoms with van der Waals surface area (Å²) in [7, 11) is 0. The highest BCUT2D eigenvalue weighted by Crippen LogP contribution is 2.28. The van der Waals surface area contributed by atoms with Crippen LogP contribution in [0.5, 0.6) is 0 Å². The molecule has 2 atom stereocenters. The van der Waals surface area contributed by atoms with Gasteiger partial charge in [-0.15, -0.1) is 0 Å². The van der Waals surface area contributed by atoms with Gasteiger partial charge < -0.3 is 14.5 Å². The number of piperazine rings is 1. The number of hydrogen-bond donors (Lipinski definition) is 0. The fraction of sp³-hybridized carbons (Fsp3) is 0.545. The Hall–Kier alpha value is -3.08. The minimum absolute atomic E-state index is 0.0627. The topological polar surface area (TPSA) is 80.0 Å². The maximum Gasteiger partial charge on any atom is 0.410 e. The van der Waals surface area contributed by atoms with E-state index in [9.17, 15) is 9.59 Å². The van der Waals surface area contributed by atoms with Crippen LogP contribution in [0.3, 0.4) is 0 Å². The monoisotopic (exact) mass is 409 g/mol. The summed E-state index contributed by atoms with van der Waals surface area (Å²) in [6.07, 6.45) is 5.21. The molecule has 4 heterocycles. The second-order valence-corrected chi connectivity index (χ2v) is 8.84. The van der Waals surface area contributed by atoms with Gasteiger partial charge in [0.25, 0.3) is 0 Å². The van der Waals surface area contributed by atoms with E-state index in [0.29, 0.717) is 26.1 Å². The molecule has 8 nitrogen and oxygen atoms in total.